The molecule has 1 aliphatic heterocycles. The zero-order valence-electron chi connectivity index (χ0n) is 14.0. The summed E-state index contributed by atoms with van der Waals surface area (Å²) < 4.78 is 7.66. The molecule has 0 saturated carbocycles. The molecule has 7 heteroatoms. The summed E-state index contributed by atoms with van der Waals surface area (Å²) in [4.78, 5) is 2.33. The van der Waals surface area contributed by atoms with Crippen molar-refractivity contribution in [3.05, 3.63) is 24.2 Å². The van der Waals surface area contributed by atoms with E-state index in [-0.39, 0.29) is 0 Å². The lowest BCUT2D eigenvalue weighted by Crippen LogP contribution is -2.35. The van der Waals surface area contributed by atoms with Crippen LogP contribution in [0.2, 0.25) is 0 Å². The number of rotatable bonds is 7. The fraction of sp³-hybridized carbons (Fsp3) is 0.588. The van der Waals surface area contributed by atoms with Crippen LogP contribution < -0.4 is 4.90 Å². The van der Waals surface area contributed by atoms with E-state index in [0.717, 1.165) is 48.0 Å². The van der Waals surface area contributed by atoms with E-state index in [9.17, 15) is 0 Å². The Bertz CT molecular complexity index is 668. The predicted molar refractivity (Wildman–Crippen MR) is 94.0 cm³/mol. The van der Waals surface area contributed by atoms with Gasteiger partial charge in [0.05, 0.1) is 18.9 Å². The lowest BCUT2D eigenvalue weighted by atomic mass is 10.00. The highest BCUT2D eigenvalue weighted by Gasteiger charge is 2.23. The van der Waals surface area contributed by atoms with E-state index in [1.807, 2.05) is 12.1 Å². The van der Waals surface area contributed by atoms with Gasteiger partial charge in [0.15, 0.2) is 5.16 Å². The maximum Gasteiger partial charge on any atom is 0.228 e. The fourth-order valence-corrected chi connectivity index (χ4v) is 3.71. The van der Waals surface area contributed by atoms with Gasteiger partial charge >= 0.3 is 0 Å². The van der Waals surface area contributed by atoms with Gasteiger partial charge in [-0.15, -0.1) is 10.2 Å². The smallest absolute Gasteiger partial charge is 0.228 e. The Kier molecular flexibility index (Phi) is 5.81. The van der Waals surface area contributed by atoms with Gasteiger partial charge in [0.25, 0.3) is 0 Å². The Balaban J connectivity index is 1.76. The summed E-state index contributed by atoms with van der Waals surface area (Å²) in [6, 6.07) is 6.07. The zero-order chi connectivity index (χ0) is 16.8. The van der Waals surface area contributed by atoms with E-state index in [1.165, 1.54) is 12.8 Å². The quantitative estimate of drug-likeness (QED) is 0.564. The first kappa shape index (κ1) is 16.9. The molecule has 3 rings (SSSR count). The largest absolute Gasteiger partial charge is 0.467 e. The van der Waals surface area contributed by atoms with Crippen molar-refractivity contribution < 1.29 is 4.42 Å². The summed E-state index contributed by atoms with van der Waals surface area (Å²) in [7, 11) is 0. The summed E-state index contributed by atoms with van der Waals surface area (Å²) in [6.07, 6.45) is 5.53. The minimum Gasteiger partial charge on any atom is -0.467 e. The van der Waals surface area contributed by atoms with E-state index >= 15 is 0 Å². The van der Waals surface area contributed by atoms with Crippen molar-refractivity contribution in [1.29, 1.82) is 5.26 Å². The van der Waals surface area contributed by atoms with E-state index in [2.05, 4.69) is 32.7 Å². The van der Waals surface area contributed by atoms with Crippen molar-refractivity contribution in [3.63, 3.8) is 0 Å². The fourth-order valence-electron chi connectivity index (χ4n) is 2.84. The number of aromatic nitrogens is 3. The zero-order valence-corrected chi connectivity index (χ0v) is 14.8. The van der Waals surface area contributed by atoms with Crippen LogP contribution in [-0.4, -0.2) is 33.6 Å². The topological polar surface area (TPSA) is 70.9 Å². The van der Waals surface area contributed by atoms with E-state index in [0.29, 0.717) is 13.0 Å². The van der Waals surface area contributed by atoms with Gasteiger partial charge in [-0.05, 0) is 37.3 Å². The summed E-state index contributed by atoms with van der Waals surface area (Å²) in [5, 5.41) is 18.4. The van der Waals surface area contributed by atoms with Gasteiger partial charge in [-0.1, -0.05) is 18.7 Å². The molecule has 0 unspecified atom stereocenters. The molecule has 0 amide bonds. The van der Waals surface area contributed by atoms with Gasteiger partial charge in [-0.2, -0.15) is 5.26 Å². The van der Waals surface area contributed by atoms with Crippen molar-refractivity contribution in [1.82, 2.24) is 14.8 Å². The lowest BCUT2D eigenvalue weighted by Gasteiger charge is -2.31. The van der Waals surface area contributed by atoms with Crippen molar-refractivity contribution in [2.24, 2.45) is 5.92 Å². The Morgan fingerprint density at radius 2 is 2.21 bits per heavy atom. The number of piperidine rings is 1. The van der Waals surface area contributed by atoms with Gasteiger partial charge < -0.3 is 9.32 Å². The number of hydrogen-bond acceptors (Lipinski definition) is 6. The van der Waals surface area contributed by atoms with Gasteiger partial charge in [-0.25, -0.2) is 0 Å². The first-order chi connectivity index (χ1) is 11.8. The van der Waals surface area contributed by atoms with Crippen LogP contribution in [0.3, 0.4) is 0 Å². The van der Waals surface area contributed by atoms with E-state index in [1.54, 1.807) is 18.0 Å². The van der Waals surface area contributed by atoms with Crippen LogP contribution in [0.25, 0.3) is 0 Å². The van der Waals surface area contributed by atoms with Crippen LogP contribution in [0.1, 0.15) is 38.4 Å². The van der Waals surface area contributed by atoms with Crippen LogP contribution in [0.15, 0.2) is 28.0 Å². The minimum absolute atomic E-state index is 0.580. The van der Waals surface area contributed by atoms with Crippen LogP contribution in [-0.2, 0) is 6.54 Å². The highest BCUT2D eigenvalue weighted by atomic mass is 32.2. The molecule has 2 aromatic heterocycles. The van der Waals surface area contributed by atoms with Crippen LogP contribution in [0.5, 0.6) is 0 Å². The standard InChI is InChI=1S/C17H23N5OS/c1-14-6-9-21(10-7-14)16-19-20-17(24-12-3-2-8-18)22(16)13-15-5-4-11-23-15/h4-5,11,14H,2-3,6-7,9-10,12-13H2,1H3. The lowest BCUT2D eigenvalue weighted by molar-refractivity contribution is 0.427. The van der Waals surface area contributed by atoms with Crippen LogP contribution in [0, 0.1) is 17.2 Å². The second kappa shape index (κ2) is 8.25. The molecule has 0 aromatic carbocycles. The van der Waals surface area contributed by atoms with Crippen molar-refractivity contribution in [2.75, 3.05) is 23.7 Å². The summed E-state index contributed by atoms with van der Waals surface area (Å²) in [5.74, 6) is 3.49. The van der Waals surface area contributed by atoms with Gasteiger partial charge in [-0.3, -0.25) is 4.57 Å². The second-order valence-electron chi connectivity index (χ2n) is 6.23. The summed E-state index contributed by atoms with van der Waals surface area (Å²) in [5.41, 5.74) is 0. The van der Waals surface area contributed by atoms with Gasteiger partial charge in [0.1, 0.15) is 5.76 Å². The molecule has 0 spiro atoms. The number of furan rings is 1. The SMILES string of the molecule is CC1CCN(c2nnc(SCCCC#N)n2Cc2ccco2)CC1. The average molecular weight is 345 g/mol. The number of nitrogens with zero attached hydrogens (tertiary/aromatic N) is 5. The summed E-state index contributed by atoms with van der Waals surface area (Å²) in [6.45, 7) is 5.00. The second-order valence-corrected chi connectivity index (χ2v) is 7.29. The molecule has 128 valence electrons. The molecule has 3 heterocycles. The molecule has 1 saturated heterocycles. The van der Waals surface area contributed by atoms with Crippen LogP contribution >= 0.6 is 11.8 Å². The Morgan fingerprint density at radius 3 is 2.92 bits per heavy atom. The molecular formula is C17H23N5OS. The third kappa shape index (κ3) is 4.12. The van der Waals surface area contributed by atoms with E-state index < -0.39 is 0 Å². The molecular weight excluding hydrogens is 322 g/mol. The van der Waals surface area contributed by atoms with Crippen molar-refractivity contribution in [3.8, 4) is 6.07 Å². The highest BCUT2D eigenvalue weighted by molar-refractivity contribution is 7.99. The molecule has 2 aromatic rings. The maximum absolute atomic E-state index is 8.67. The normalized spacial score (nSPS) is 15.6. The first-order valence-electron chi connectivity index (χ1n) is 8.48. The Hall–Kier alpha value is -1.94. The number of anilines is 1. The molecule has 0 radical (unpaired) electrons. The number of nitriles is 1. The monoisotopic (exact) mass is 345 g/mol. The predicted octanol–water partition coefficient (Wildman–Crippen LogP) is 3.55. The number of unbranched alkanes of at least 4 members (excludes halogenated alkanes) is 1. The first-order valence-corrected chi connectivity index (χ1v) is 9.46. The molecule has 0 aliphatic carbocycles. The molecule has 0 N–H and O–H groups in total. The molecule has 1 aliphatic rings. The van der Waals surface area contributed by atoms with Crippen LogP contribution in [0.4, 0.5) is 5.95 Å². The Labute approximate surface area is 146 Å². The van der Waals surface area contributed by atoms with Crippen molar-refractivity contribution in [2.45, 2.75) is 44.3 Å². The molecule has 0 bridgehead atoms. The van der Waals surface area contributed by atoms with E-state index in [4.69, 9.17) is 9.68 Å². The number of thioether (sulfide) groups is 1. The third-order valence-corrected chi connectivity index (χ3v) is 5.37. The van der Waals surface area contributed by atoms with Gasteiger partial charge in [0, 0.05) is 25.3 Å². The molecule has 0 atom stereocenters. The third-order valence-electron chi connectivity index (χ3n) is 4.32. The summed E-state index contributed by atoms with van der Waals surface area (Å²) >= 11 is 1.66. The molecule has 1 fully saturated rings. The minimum atomic E-state index is 0.580. The molecule has 24 heavy (non-hydrogen) atoms. The molecule has 6 nitrogen and oxygen atoms in total. The average Bonchev–Trinajstić information content (AvgIpc) is 3.24. The Morgan fingerprint density at radius 1 is 1.38 bits per heavy atom. The highest BCUT2D eigenvalue weighted by Crippen LogP contribution is 2.27. The van der Waals surface area contributed by atoms with Crippen molar-refractivity contribution >= 4 is 17.7 Å². The maximum atomic E-state index is 8.67. The number of hydrogen-bond donors (Lipinski definition) is 0. The van der Waals surface area contributed by atoms with Gasteiger partial charge in [0.2, 0.25) is 5.95 Å².